The predicted octanol–water partition coefficient (Wildman–Crippen LogP) is 1.97. The summed E-state index contributed by atoms with van der Waals surface area (Å²) in [6.45, 7) is 9.11. The lowest BCUT2D eigenvalue weighted by Crippen LogP contribution is -2.42. The van der Waals surface area contributed by atoms with Gasteiger partial charge in [-0.15, -0.1) is 0 Å². The predicted molar refractivity (Wildman–Crippen MR) is 119 cm³/mol. The average Bonchev–Trinajstić information content (AvgIpc) is 2.74. The SMILES string of the molecule is Cc1cc(N2CCc3ccccc3C2)nc(NC(=S)NCCN2CCOCC2)n1. The molecule has 7 nitrogen and oxygen atoms in total. The number of thiocarbonyl (C=S) groups is 1. The van der Waals surface area contributed by atoms with Crippen LogP contribution in [0.3, 0.4) is 0 Å². The molecule has 1 aromatic heterocycles. The van der Waals surface area contributed by atoms with E-state index >= 15 is 0 Å². The molecule has 0 aliphatic carbocycles. The van der Waals surface area contributed by atoms with Crippen molar-refractivity contribution in [2.45, 2.75) is 19.9 Å². The standard InChI is InChI=1S/C21H28N6OS/c1-16-14-19(27-8-6-17-4-2-3-5-18(17)15-27)24-20(23-16)25-21(29)22-7-9-26-10-12-28-13-11-26/h2-5,14H,6-13,15H2,1H3,(H2,22,23,24,25,29). The van der Waals surface area contributed by atoms with E-state index in [2.05, 4.69) is 49.7 Å². The van der Waals surface area contributed by atoms with Crippen molar-refractivity contribution in [2.24, 2.45) is 0 Å². The lowest BCUT2D eigenvalue weighted by atomic mass is 10.00. The van der Waals surface area contributed by atoms with Gasteiger partial charge in [0.2, 0.25) is 5.95 Å². The van der Waals surface area contributed by atoms with Crippen molar-refractivity contribution in [1.29, 1.82) is 0 Å². The molecule has 2 aliphatic heterocycles. The molecule has 1 fully saturated rings. The third-order valence-corrected chi connectivity index (χ3v) is 5.58. The van der Waals surface area contributed by atoms with Gasteiger partial charge in [0.25, 0.3) is 0 Å². The summed E-state index contributed by atoms with van der Waals surface area (Å²) < 4.78 is 5.38. The van der Waals surface area contributed by atoms with E-state index in [9.17, 15) is 0 Å². The van der Waals surface area contributed by atoms with Crippen molar-refractivity contribution >= 4 is 29.1 Å². The van der Waals surface area contributed by atoms with Crippen LogP contribution in [0.5, 0.6) is 0 Å². The highest BCUT2D eigenvalue weighted by Crippen LogP contribution is 2.24. The van der Waals surface area contributed by atoms with Crippen LogP contribution in [0.15, 0.2) is 30.3 Å². The van der Waals surface area contributed by atoms with E-state index in [1.165, 1.54) is 11.1 Å². The van der Waals surface area contributed by atoms with Crippen molar-refractivity contribution in [1.82, 2.24) is 20.2 Å². The van der Waals surface area contributed by atoms with Crippen LogP contribution in [-0.4, -0.2) is 65.9 Å². The van der Waals surface area contributed by atoms with Crippen LogP contribution in [0.25, 0.3) is 0 Å². The maximum Gasteiger partial charge on any atom is 0.231 e. The van der Waals surface area contributed by atoms with E-state index in [4.69, 9.17) is 21.9 Å². The molecule has 0 amide bonds. The van der Waals surface area contributed by atoms with Gasteiger partial charge in [0.15, 0.2) is 5.11 Å². The van der Waals surface area contributed by atoms with Crippen LogP contribution in [-0.2, 0) is 17.7 Å². The lowest BCUT2D eigenvalue weighted by Gasteiger charge is -2.30. The fraction of sp³-hybridized carbons (Fsp3) is 0.476. The third-order valence-electron chi connectivity index (χ3n) is 5.34. The molecule has 8 heteroatoms. The molecule has 0 unspecified atom stereocenters. The number of rotatable bonds is 5. The zero-order valence-electron chi connectivity index (χ0n) is 16.9. The number of nitrogens with zero attached hydrogens (tertiary/aromatic N) is 4. The van der Waals surface area contributed by atoms with Crippen LogP contribution in [0.4, 0.5) is 11.8 Å². The van der Waals surface area contributed by atoms with Gasteiger partial charge in [0.1, 0.15) is 5.82 Å². The highest BCUT2D eigenvalue weighted by atomic mass is 32.1. The number of aromatic nitrogens is 2. The minimum Gasteiger partial charge on any atom is -0.379 e. The molecule has 0 radical (unpaired) electrons. The van der Waals surface area contributed by atoms with E-state index in [-0.39, 0.29) is 0 Å². The molecule has 4 rings (SSSR count). The molecule has 2 aromatic rings. The lowest BCUT2D eigenvalue weighted by molar-refractivity contribution is 0.0389. The molecule has 29 heavy (non-hydrogen) atoms. The second-order valence-corrected chi connectivity index (χ2v) is 7.87. The average molecular weight is 413 g/mol. The minimum absolute atomic E-state index is 0.544. The van der Waals surface area contributed by atoms with Crippen LogP contribution in [0.2, 0.25) is 0 Å². The first-order valence-electron chi connectivity index (χ1n) is 10.2. The molecule has 0 spiro atoms. The maximum atomic E-state index is 5.44. The second kappa shape index (κ2) is 9.47. The zero-order valence-corrected chi connectivity index (χ0v) is 17.7. The number of anilines is 2. The molecule has 0 atom stereocenters. The summed E-state index contributed by atoms with van der Waals surface area (Å²) in [7, 11) is 0. The molecule has 0 saturated carbocycles. The number of nitrogens with one attached hydrogen (secondary N) is 2. The minimum atomic E-state index is 0.544. The molecule has 0 bridgehead atoms. The summed E-state index contributed by atoms with van der Waals surface area (Å²) in [5, 5.41) is 6.96. The van der Waals surface area contributed by atoms with Crippen molar-refractivity contribution in [2.75, 3.05) is 56.2 Å². The molecule has 154 valence electrons. The molecule has 1 saturated heterocycles. The summed E-state index contributed by atoms with van der Waals surface area (Å²) in [6, 6.07) is 10.7. The Morgan fingerprint density at radius 1 is 1.14 bits per heavy atom. The Morgan fingerprint density at radius 3 is 2.76 bits per heavy atom. The quantitative estimate of drug-likeness (QED) is 0.723. The van der Waals surface area contributed by atoms with Crippen LogP contribution < -0.4 is 15.5 Å². The molecular formula is C21H28N6OS. The monoisotopic (exact) mass is 412 g/mol. The number of hydrogen-bond donors (Lipinski definition) is 2. The fourth-order valence-electron chi connectivity index (χ4n) is 3.76. The number of hydrogen-bond acceptors (Lipinski definition) is 6. The maximum absolute atomic E-state index is 5.44. The Bertz CT molecular complexity index is 855. The number of aryl methyl sites for hydroxylation is 1. The van der Waals surface area contributed by atoms with Gasteiger partial charge in [-0.25, -0.2) is 4.98 Å². The summed E-state index contributed by atoms with van der Waals surface area (Å²) in [5.41, 5.74) is 3.72. The van der Waals surface area contributed by atoms with E-state index in [0.717, 1.165) is 70.4 Å². The smallest absolute Gasteiger partial charge is 0.231 e. The van der Waals surface area contributed by atoms with Crippen molar-refractivity contribution < 1.29 is 4.74 Å². The summed E-state index contributed by atoms with van der Waals surface area (Å²) >= 11 is 5.44. The third kappa shape index (κ3) is 5.41. The van der Waals surface area contributed by atoms with Crippen LogP contribution >= 0.6 is 12.2 Å². The van der Waals surface area contributed by atoms with Crippen molar-refractivity contribution in [3.05, 3.63) is 47.2 Å². The Kier molecular flexibility index (Phi) is 6.53. The fourth-order valence-corrected chi connectivity index (χ4v) is 3.95. The van der Waals surface area contributed by atoms with E-state index < -0.39 is 0 Å². The molecule has 2 aliphatic rings. The zero-order chi connectivity index (χ0) is 20.1. The normalized spacial score (nSPS) is 16.9. The largest absolute Gasteiger partial charge is 0.379 e. The highest BCUT2D eigenvalue weighted by Gasteiger charge is 2.18. The van der Waals surface area contributed by atoms with Gasteiger partial charge in [0.05, 0.1) is 13.2 Å². The van der Waals surface area contributed by atoms with Gasteiger partial charge in [-0.05, 0) is 36.7 Å². The first kappa shape index (κ1) is 20.0. The Balaban J connectivity index is 1.34. The van der Waals surface area contributed by atoms with Crippen molar-refractivity contribution in [3.8, 4) is 0 Å². The molecule has 2 N–H and O–H groups in total. The summed E-state index contributed by atoms with van der Waals surface area (Å²) in [6.07, 6.45) is 1.03. The topological polar surface area (TPSA) is 65.6 Å². The number of ether oxygens (including phenoxy) is 1. The highest BCUT2D eigenvalue weighted by molar-refractivity contribution is 7.80. The van der Waals surface area contributed by atoms with Crippen LogP contribution in [0.1, 0.15) is 16.8 Å². The van der Waals surface area contributed by atoms with Gasteiger partial charge in [-0.2, -0.15) is 4.98 Å². The Morgan fingerprint density at radius 2 is 1.93 bits per heavy atom. The number of fused-ring (bicyclic) bond motifs is 1. The van der Waals surface area contributed by atoms with E-state index in [1.54, 1.807) is 0 Å². The van der Waals surface area contributed by atoms with Gasteiger partial charge >= 0.3 is 0 Å². The van der Waals surface area contributed by atoms with Crippen LogP contribution in [0, 0.1) is 6.92 Å². The Labute approximate surface area is 177 Å². The van der Waals surface area contributed by atoms with Crippen molar-refractivity contribution in [3.63, 3.8) is 0 Å². The van der Waals surface area contributed by atoms with Gasteiger partial charge in [0, 0.05) is 51.0 Å². The summed E-state index contributed by atoms with van der Waals surface area (Å²) in [4.78, 5) is 13.9. The number of morpholine rings is 1. The van der Waals surface area contributed by atoms with Gasteiger partial charge in [-0.1, -0.05) is 24.3 Å². The van der Waals surface area contributed by atoms with Gasteiger partial charge < -0.3 is 20.3 Å². The number of benzene rings is 1. The van der Waals surface area contributed by atoms with Gasteiger partial charge in [-0.3, -0.25) is 4.90 Å². The molecular weight excluding hydrogens is 384 g/mol. The molecule has 3 heterocycles. The second-order valence-electron chi connectivity index (χ2n) is 7.47. The Hall–Kier alpha value is -2.29. The van der Waals surface area contributed by atoms with E-state index in [1.807, 2.05) is 13.0 Å². The van der Waals surface area contributed by atoms with E-state index in [0.29, 0.717) is 11.1 Å². The summed E-state index contributed by atoms with van der Waals surface area (Å²) in [5.74, 6) is 1.48. The molecule has 1 aromatic carbocycles. The first-order valence-corrected chi connectivity index (χ1v) is 10.6. The first-order chi connectivity index (χ1) is 14.2.